The minimum Gasteiger partial charge on any atom is -0.326 e. The van der Waals surface area contributed by atoms with Crippen LogP contribution in [0, 0.1) is 20.8 Å². The maximum atomic E-state index is 11.9. The second kappa shape index (κ2) is 20.7. The zero-order valence-electron chi connectivity index (χ0n) is 37.1. The van der Waals surface area contributed by atoms with Crippen molar-refractivity contribution in [2.45, 2.75) is 73.6 Å². The molecule has 3 N–H and O–H groups in total. The molecular formula is C51H53N9O3S. The lowest BCUT2D eigenvalue weighted by Crippen LogP contribution is -2.13. The zero-order valence-corrected chi connectivity index (χ0v) is 37.9. The Bertz CT molecular complexity index is 3100. The van der Waals surface area contributed by atoms with Gasteiger partial charge in [-0.3, -0.25) is 19.0 Å². The molecule has 7 aromatic heterocycles. The number of nitrogens with one attached hydrogen (secondary N) is 3. The van der Waals surface area contributed by atoms with E-state index >= 15 is 0 Å². The first-order valence-electron chi connectivity index (χ1n) is 21.5. The summed E-state index contributed by atoms with van der Waals surface area (Å²) in [5.41, 5.74) is 12.1. The highest BCUT2D eigenvalue weighted by Gasteiger charge is 2.12. The van der Waals surface area contributed by atoms with E-state index in [4.69, 9.17) is 0 Å². The normalized spacial score (nSPS) is 10.8. The number of aromatic nitrogens is 9. The number of nitrogens with zero attached hydrogens (tertiary/aromatic N) is 6. The largest absolute Gasteiger partial charge is 0.326 e. The molecular weight excluding hydrogens is 819 g/mol. The van der Waals surface area contributed by atoms with Gasteiger partial charge in [0.25, 0.3) is 11.1 Å². The van der Waals surface area contributed by atoms with E-state index in [1.807, 2.05) is 85.1 Å². The monoisotopic (exact) mass is 871 g/mol. The van der Waals surface area contributed by atoms with Gasteiger partial charge in [0, 0.05) is 104 Å². The molecule has 9 rings (SSSR count). The number of thiophene rings is 1. The van der Waals surface area contributed by atoms with E-state index < -0.39 is 0 Å². The van der Waals surface area contributed by atoms with Gasteiger partial charge in [-0.2, -0.15) is 0 Å². The Morgan fingerprint density at radius 3 is 1.72 bits per heavy atom. The van der Waals surface area contributed by atoms with Gasteiger partial charge in [0.2, 0.25) is 5.56 Å². The van der Waals surface area contributed by atoms with Gasteiger partial charge in [-0.1, -0.05) is 51.5 Å². The second-order valence-corrected chi connectivity index (χ2v) is 16.5. The quantitative estimate of drug-likeness (QED) is 0.118. The van der Waals surface area contributed by atoms with Crippen molar-refractivity contribution in [1.29, 1.82) is 0 Å². The van der Waals surface area contributed by atoms with Crippen LogP contribution in [-0.4, -0.2) is 43.6 Å². The Balaban J connectivity index is 0.000000144. The molecule has 326 valence electrons. The lowest BCUT2D eigenvalue weighted by atomic mass is 9.99. The highest BCUT2D eigenvalue weighted by Crippen LogP contribution is 2.32. The predicted molar refractivity (Wildman–Crippen MR) is 258 cm³/mol. The van der Waals surface area contributed by atoms with Crippen LogP contribution in [0.2, 0.25) is 0 Å². The first-order valence-corrected chi connectivity index (χ1v) is 22.3. The maximum Gasteiger partial charge on any atom is 0.251 e. The van der Waals surface area contributed by atoms with E-state index in [2.05, 4.69) is 97.5 Å². The van der Waals surface area contributed by atoms with Crippen LogP contribution in [0.4, 0.5) is 0 Å². The molecule has 12 nitrogen and oxygen atoms in total. The summed E-state index contributed by atoms with van der Waals surface area (Å²) in [6.45, 7) is 11.9. The minimum absolute atomic E-state index is 0.00809. The molecule has 0 aliphatic heterocycles. The van der Waals surface area contributed by atoms with Crippen molar-refractivity contribution in [2.75, 3.05) is 0 Å². The van der Waals surface area contributed by atoms with Gasteiger partial charge in [-0.05, 0) is 112 Å². The fourth-order valence-corrected chi connectivity index (χ4v) is 8.41. The molecule has 0 amide bonds. The lowest BCUT2D eigenvalue weighted by molar-refractivity contribution is 0.774. The number of H-pyrrole nitrogens is 3. The Labute approximate surface area is 376 Å². The molecule has 7 heterocycles. The summed E-state index contributed by atoms with van der Waals surface area (Å²) in [5.74, 6) is 0.960. The van der Waals surface area contributed by atoms with Crippen LogP contribution in [0.1, 0.15) is 67.6 Å². The molecule has 64 heavy (non-hydrogen) atoms. The van der Waals surface area contributed by atoms with E-state index in [-0.39, 0.29) is 16.7 Å². The van der Waals surface area contributed by atoms with Crippen molar-refractivity contribution >= 4 is 11.3 Å². The topological polar surface area (TPSA) is 152 Å². The van der Waals surface area contributed by atoms with Crippen molar-refractivity contribution in [3.8, 4) is 49.1 Å². The molecule has 0 aliphatic rings. The highest BCUT2D eigenvalue weighted by molar-refractivity contribution is 7.17. The lowest BCUT2D eigenvalue weighted by Gasteiger charge is -2.11. The zero-order chi connectivity index (χ0) is 45.2. The Kier molecular flexibility index (Phi) is 14.4. The molecule has 0 saturated heterocycles. The standard InChI is InChI=1S/C19H21N3O.C18H19N3O.C14H13N3OS/c1-3-4-5-18-17(12-14(2)19(23)21-18)15-6-8-16(9-7-15)22-11-10-20-13-22;1-4-17-16(11-12(2)18(22)20-17)14-5-7-15(8-6-14)21-10-9-19-13(21)3;1-2-11-10(3-5-13(18)16-11)12-4-6-14(19-12)17-8-7-15-9-17/h6-13H,3-5H2,1-2H3,(H,21,23);5-11H,4H2,1-3H3,(H,20,22);3-9H,2H2,1H3,(H,16,18). The van der Waals surface area contributed by atoms with Gasteiger partial charge in [0.1, 0.15) is 10.8 Å². The number of imidazole rings is 3. The van der Waals surface area contributed by atoms with Crippen molar-refractivity contribution in [3.05, 3.63) is 200 Å². The molecule has 0 unspecified atom stereocenters. The molecule has 0 atom stereocenters. The molecule has 0 aliphatic carbocycles. The number of aromatic amines is 3. The predicted octanol–water partition coefficient (Wildman–Crippen LogP) is 10.1. The summed E-state index contributed by atoms with van der Waals surface area (Å²) in [7, 11) is 0. The second-order valence-electron chi connectivity index (χ2n) is 15.4. The molecule has 0 spiro atoms. The Morgan fingerprint density at radius 1 is 0.578 bits per heavy atom. The van der Waals surface area contributed by atoms with E-state index in [1.165, 1.54) is 0 Å². The minimum atomic E-state index is -0.0491. The number of benzene rings is 2. The van der Waals surface area contributed by atoms with E-state index in [0.29, 0.717) is 0 Å². The van der Waals surface area contributed by atoms with Crippen LogP contribution in [0.5, 0.6) is 0 Å². The molecule has 0 fully saturated rings. The van der Waals surface area contributed by atoms with Crippen LogP contribution >= 0.6 is 11.3 Å². The molecule has 2 aromatic carbocycles. The number of aryl methyl sites for hydroxylation is 6. The third-order valence-electron chi connectivity index (χ3n) is 11.0. The number of rotatable bonds is 11. The van der Waals surface area contributed by atoms with E-state index in [0.717, 1.165) is 115 Å². The SMILES string of the molecule is CCCCc1[nH]c(=O)c(C)cc1-c1ccc(-n2ccnc2)cc1.CCc1[nH]c(=O)c(C)cc1-c1ccc(-n2ccnc2C)cc1.CCc1[nH]c(=O)ccc1-c1ccc(-n2ccnc2)s1. The van der Waals surface area contributed by atoms with Crippen LogP contribution < -0.4 is 16.7 Å². The van der Waals surface area contributed by atoms with Gasteiger partial charge >= 0.3 is 0 Å². The summed E-state index contributed by atoms with van der Waals surface area (Å²) >= 11 is 1.68. The third kappa shape index (κ3) is 10.4. The first kappa shape index (κ1) is 44.7. The Hall–Kier alpha value is -7.38. The molecule has 0 bridgehead atoms. The molecule has 13 heteroatoms. The smallest absolute Gasteiger partial charge is 0.251 e. The number of hydrogen-bond donors (Lipinski definition) is 3. The number of unbranched alkanes of at least 4 members (excludes halogenated alkanes) is 1. The van der Waals surface area contributed by atoms with Crippen molar-refractivity contribution in [3.63, 3.8) is 0 Å². The van der Waals surface area contributed by atoms with Gasteiger partial charge in [-0.15, -0.1) is 11.3 Å². The van der Waals surface area contributed by atoms with Crippen LogP contribution in [0.25, 0.3) is 49.1 Å². The summed E-state index contributed by atoms with van der Waals surface area (Å²) in [5, 5.41) is 1.11. The van der Waals surface area contributed by atoms with Crippen molar-refractivity contribution < 1.29 is 0 Å². The van der Waals surface area contributed by atoms with Gasteiger partial charge < -0.3 is 24.1 Å². The van der Waals surface area contributed by atoms with Crippen LogP contribution in [0.3, 0.4) is 0 Å². The third-order valence-corrected chi connectivity index (χ3v) is 12.1. The van der Waals surface area contributed by atoms with Gasteiger partial charge in [0.05, 0.1) is 12.7 Å². The summed E-state index contributed by atoms with van der Waals surface area (Å²) < 4.78 is 5.99. The van der Waals surface area contributed by atoms with E-state index in [9.17, 15) is 14.4 Å². The number of pyridine rings is 3. The summed E-state index contributed by atoms with van der Waals surface area (Å²) in [6, 6.07) is 28.2. The average molecular weight is 872 g/mol. The highest BCUT2D eigenvalue weighted by atomic mass is 32.1. The van der Waals surface area contributed by atoms with Crippen LogP contribution in [0.15, 0.2) is 149 Å². The van der Waals surface area contributed by atoms with Gasteiger partial charge in [0.15, 0.2) is 0 Å². The maximum absolute atomic E-state index is 11.9. The fourth-order valence-electron chi connectivity index (χ4n) is 7.39. The van der Waals surface area contributed by atoms with E-state index in [1.54, 1.807) is 48.6 Å². The fraction of sp³-hybridized carbons (Fsp3) is 0.216. The molecule has 9 aromatic rings. The van der Waals surface area contributed by atoms with Crippen molar-refractivity contribution in [2.24, 2.45) is 0 Å². The number of hydrogen-bond acceptors (Lipinski definition) is 7. The first-order chi connectivity index (χ1) is 31.1. The summed E-state index contributed by atoms with van der Waals surface area (Å²) in [6.07, 6.45) is 19.4. The summed E-state index contributed by atoms with van der Waals surface area (Å²) in [4.78, 5) is 57.5. The Morgan fingerprint density at radius 2 is 1.16 bits per heavy atom. The van der Waals surface area contributed by atoms with Crippen molar-refractivity contribution in [1.82, 2.24) is 43.6 Å². The van der Waals surface area contributed by atoms with Gasteiger partial charge in [-0.25, -0.2) is 15.0 Å². The molecule has 0 radical (unpaired) electrons. The molecule has 0 saturated carbocycles. The average Bonchev–Trinajstić information content (AvgIpc) is 4.18. The van der Waals surface area contributed by atoms with Crippen LogP contribution in [-0.2, 0) is 19.3 Å².